The number of hydrogen-bond acceptors (Lipinski definition) is 5. The van der Waals surface area contributed by atoms with Gasteiger partial charge in [-0.05, 0) is 18.1 Å². The summed E-state index contributed by atoms with van der Waals surface area (Å²) in [6.07, 6.45) is 0.645. The van der Waals surface area contributed by atoms with Gasteiger partial charge in [0, 0.05) is 13.1 Å². The molecule has 2 N–H and O–H groups in total. The van der Waals surface area contributed by atoms with E-state index in [0.717, 1.165) is 5.56 Å². The van der Waals surface area contributed by atoms with Gasteiger partial charge < -0.3 is 19.8 Å². The zero-order valence-corrected chi connectivity index (χ0v) is 10.9. The first-order chi connectivity index (χ1) is 9.17. The highest BCUT2D eigenvalue weighted by Gasteiger charge is 2.22. The van der Waals surface area contributed by atoms with E-state index >= 15 is 0 Å². The summed E-state index contributed by atoms with van der Waals surface area (Å²) in [6, 6.07) is 1.62. The minimum Gasteiger partial charge on any atom is -0.478 e. The number of anilines is 1. The maximum Gasteiger partial charge on any atom is 0.339 e. The summed E-state index contributed by atoms with van der Waals surface area (Å²) < 4.78 is 5.26. The summed E-state index contributed by atoms with van der Waals surface area (Å²) in [5.74, 6) is -0.565. The van der Waals surface area contributed by atoms with Crippen molar-refractivity contribution in [2.45, 2.75) is 20.0 Å². The molecule has 0 aliphatic carbocycles. The number of pyridine rings is 1. The number of morpholine rings is 1. The largest absolute Gasteiger partial charge is 0.478 e. The van der Waals surface area contributed by atoms with Crippen LogP contribution >= 0.6 is 0 Å². The van der Waals surface area contributed by atoms with Crippen molar-refractivity contribution in [1.29, 1.82) is 0 Å². The summed E-state index contributed by atoms with van der Waals surface area (Å²) in [5.41, 5.74) is 1.52. The van der Waals surface area contributed by atoms with Crippen LogP contribution in [0.5, 0.6) is 0 Å². The molecule has 0 amide bonds. The molecule has 1 aromatic heterocycles. The van der Waals surface area contributed by atoms with E-state index < -0.39 is 5.97 Å². The second-order valence-electron chi connectivity index (χ2n) is 4.38. The van der Waals surface area contributed by atoms with Gasteiger partial charge in [0.1, 0.15) is 11.4 Å². The highest BCUT2D eigenvalue weighted by molar-refractivity contribution is 5.93. The van der Waals surface area contributed by atoms with Crippen LogP contribution in [-0.4, -0.2) is 47.5 Å². The van der Waals surface area contributed by atoms with Crippen LogP contribution in [0, 0.1) is 0 Å². The lowest BCUT2D eigenvalue weighted by atomic mass is 10.1. The number of rotatable bonds is 4. The molecule has 0 radical (unpaired) electrons. The van der Waals surface area contributed by atoms with Crippen LogP contribution in [-0.2, 0) is 17.8 Å². The SMILES string of the molecule is CCc1cc(C(=O)O)c(N2CCOCC2)nc1CO. The van der Waals surface area contributed by atoms with Gasteiger partial charge in [-0.2, -0.15) is 0 Å². The van der Waals surface area contributed by atoms with Crippen molar-refractivity contribution >= 4 is 11.8 Å². The summed E-state index contributed by atoms with van der Waals surface area (Å²) in [5, 5.41) is 18.7. The Balaban J connectivity index is 2.46. The van der Waals surface area contributed by atoms with Gasteiger partial charge in [-0.15, -0.1) is 0 Å². The third-order valence-corrected chi connectivity index (χ3v) is 3.24. The average Bonchev–Trinajstić information content (AvgIpc) is 2.46. The normalized spacial score (nSPS) is 15.6. The number of aryl methyl sites for hydroxylation is 1. The lowest BCUT2D eigenvalue weighted by molar-refractivity contribution is 0.0695. The Morgan fingerprint density at radius 3 is 2.68 bits per heavy atom. The van der Waals surface area contributed by atoms with Gasteiger partial charge in [-0.3, -0.25) is 0 Å². The molecule has 2 rings (SSSR count). The van der Waals surface area contributed by atoms with Crippen molar-refractivity contribution in [1.82, 2.24) is 4.98 Å². The Morgan fingerprint density at radius 1 is 1.47 bits per heavy atom. The molecule has 0 bridgehead atoms. The van der Waals surface area contributed by atoms with Gasteiger partial charge in [-0.1, -0.05) is 6.92 Å². The molecule has 0 atom stereocenters. The van der Waals surface area contributed by atoms with Crippen LogP contribution in [0.3, 0.4) is 0 Å². The maximum atomic E-state index is 11.4. The van der Waals surface area contributed by atoms with Gasteiger partial charge in [0.25, 0.3) is 0 Å². The Kier molecular flexibility index (Phi) is 4.34. The zero-order chi connectivity index (χ0) is 13.8. The molecule has 1 aliphatic rings. The van der Waals surface area contributed by atoms with Crippen LogP contribution in [0.1, 0.15) is 28.5 Å². The predicted octanol–water partition coefficient (Wildman–Crippen LogP) is 0.671. The summed E-state index contributed by atoms with van der Waals surface area (Å²) >= 11 is 0. The molecule has 19 heavy (non-hydrogen) atoms. The Bertz CT molecular complexity index is 470. The van der Waals surface area contributed by atoms with Crippen LogP contribution in [0.2, 0.25) is 0 Å². The number of hydrogen-bond donors (Lipinski definition) is 2. The van der Waals surface area contributed by atoms with Crippen molar-refractivity contribution in [3.05, 3.63) is 22.9 Å². The topological polar surface area (TPSA) is 82.9 Å². The van der Waals surface area contributed by atoms with Crippen LogP contribution in [0.4, 0.5) is 5.82 Å². The molecule has 0 aromatic carbocycles. The number of carboxylic acids is 1. The average molecular weight is 266 g/mol. The van der Waals surface area contributed by atoms with Gasteiger partial charge in [0.05, 0.1) is 25.5 Å². The molecule has 2 heterocycles. The smallest absolute Gasteiger partial charge is 0.339 e. The molecule has 0 spiro atoms. The predicted molar refractivity (Wildman–Crippen MR) is 69.5 cm³/mol. The third-order valence-electron chi connectivity index (χ3n) is 3.24. The van der Waals surface area contributed by atoms with E-state index in [9.17, 15) is 15.0 Å². The second-order valence-corrected chi connectivity index (χ2v) is 4.38. The number of aliphatic hydroxyl groups is 1. The third kappa shape index (κ3) is 2.85. The molecule has 1 fully saturated rings. The van der Waals surface area contributed by atoms with Gasteiger partial charge >= 0.3 is 5.97 Å². The molecular weight excluding hydrogens is 248 g/mol. The van der Waals surface area contributed by atoms with E-state index in [1.165, 1.54) is 0 Å². The van der Waals surface area contributed by atoms with Crippen molar-refractivity contribution in [3.63, 3.8) is 0 Å². The quantitative estimate of drug-likeness (QED) is 0.833. The number of aromatic nitrogens is 1. The molecule has 1 aliphatic heterocycles. The fourth-order valence-corrected chi connectivity index (χ4v) is 2.20. The number of aliphatic hydroxyl groups excluding tert-OH is 1. The van der Waals surface area contributed by atoms with Crippen molar-refractivity contribution in [3.8, 4) is 0 Å². The van der Waals surface area contributed by atoms with Gasteiger partial charge in [0.2, 0.25) is 0 Å². The molecule has 104 valence electrons. The molecular formula is C13H18N2O4. The summed E-state index contributed by atoms with van der Waals surface area (Å²) in [7, 11) is 0. The van der Waals surface area contributed by atoms with Crippen molar-refractivity contribution in [2.75, 3.05) is 31.2 Å². The maximum absolute atomic E-state index is 11.4. The molecule has 6 nitrogen and oxygen atoms in total. The van der Waals surface area contributed by atoms with E-state index in [2.05, 4.69) is 4.98 Å². The first kappa shape index (κ1) is 13.8. The lowest BCUT2D eigenvalue weighted by Crippen LogP contribution is -2.38. The molecule has 1 saturated heterocycles. The number of carboxylic acid groups (broad SMARTS) is 1. The minimum atomic E-state index is -0.992. The van der Waals surface area contributed by atoms with Gasteiger partial charge in [-0.25, -0.2) is 9.78 Å². The highest BCUT2D eigenvalue weighted by Crippen LogP contribution is 2.23. The second kappa shape index (κ2) is 5.99. The van der Waals surface area contributed by atoms with Crippen molar-refractivity contribution in [2.24, 2.45) is 0 Å². The number of nitrogens with zero attached hydrogens (tertiary/aromatic N) is 2. The zero-order valence-electron chi connectivity index (χ0n) is 10.9. The first-order valence-electron chi connectivity index (χ1n) is 6.37. The van der Waals surface area contributed by atoms with Crippen LogP contribution in [0.15, 0.2) is 6.07 Å². The van der Waals surface area contributed by atoms with Crippen LogP contribution < -0.4 is 4.90 Å². The first-order valence-corrected chi connectivity index (χ1v) is 6.37. The van der Waals surface area contributed by atoms with Crippen LogP contribution in [0.25, 0.3) is 0 Å². The van der Waals surface area contributed by atoms with E-state index in [0.29, 0.717) is 44.2 Å². The monoisotopic (exact) mass is 266 g/mol. The highest BCUT2D eigenvalue weighted by atomic mass is 16.5. The fraction of sp³-hybridized carbons (Fsp3) is 0.538. The number of ether oxygens (including phenoxy) is 1. The van der Waals surface area contributed by atoms with Crippen molar-refractivity contribution < 1.29 is 19.7 Å². The molecule has 1 aromatic rings. The minimum absolute atomic E-state index is 0.180. The van der Waals surface area contributed by atoms with E-state index in [1.54, 1.807) is 6.07 Å². The van der Waals surface area contributed by atoms with E-state index in [-0.39, 0.29) is 12.2 Å². The standard InChI is InChI=1S/C13H18N2O4/c1-2-9-7-10(13(17)18)12(14-11(9)8-16)15-3-5-19-6-4-15/h7,16H,2-6,8H2,1H3,(H,17,18). The summed E-state index contributed by atoms with van der Waals surface area (Å²) in [6.45, 7) is 4.08. The molecule has 0 saturated carbocycles. The lowest BCUT2D eigenvalue weighted by Gasteiger charge is -2.29. The fourth-order valence-electron chi connectivity index (χ4n) is 2.20. The van der Waals surface area contributed by atoms with E-state index in [4.69, 9.17) is 4.74 Å². The molecule has 0 unspecified atom stereocenters. The van der Waals surface area contributed by atoms with Gasteiger partial charge in [0.15, 0.2) is 0 Å². The molecule has 6 heteroatoms. The Hall–Kier alpha value is -1.66. The Labute approximate surface area is 111 Å². The summed E-state index contributed by atoms with van der Waals surface area (Å²) in [4.78, 5) is 17.6. The number of aromatic carboxylic acids is 1. The number of carbonyl (C=O) groups is 1. The van der Waals surface area contributed by atoms with E-state index in [1.807, 2.05) is 11.8 Å². The Morgan fingerprint density at radius 2 is 2.16 bits per heavy atom.